The van der Waals surface area contributed by atoms with Crippen molar-refractivity contribution in [2.45, 2.75) is 38.0 Å². The summed E-state index contributed by atoms with van der Waals surface area (Å²) >= 11 is 5.76. The third-order valence-electron chi connectivity index (χ3n) is 3.21. The molecule has 1 aromatic rings. The molecule has 2 atom stereocenters. The molecule has 0 aliphatic rings. The lowest BCUT2D eigenvalue weighted by molar-refractivity contribution is -0.141. The Balaban J connectivity index is 2.66. The number of hydrogen-bond acceptors (Lipinski definition) is 4. The molecule has 0 aliphatic heterocycles. The van der Waals surface area contributed by atoms with Gasteiger partial charge in [0.05, 0.1) is 5.92 Å². The monoisotopic (exact) mass is 355 g/mol. The first-order valence-corrected chi connectivity index (χ1v) is 9.16. The number of carbonyl (C=O) groups excluding carboxylic acids is 1. The summed E-state index contributed by atoms with van der Waals surface area (Å²) in [7, 11) is 0. The van der Waals surface area contributed by atoms with Gasteiger partial charge in [-0.1, -0.05) is 51.1 Å². The molecule has 4 nitrogen and oxygen atoms in total. The van der Waals surface area contributed by atoms with Crippen LogP contribution < -0.4 is 5.32 Å². The van der Waals surface area contributed by atoms with Gasteiger partial charge in [0, 0.05) is 16.3 Å². The standard InChI is InChI=1S/C17H25NO3S2/c1-17(2,3)23-11-14(16(20)21)18-15(19)13(10-22)9-12-7-5-4-6-8-12/h4-8,13-14,22H,9-11H2,1-3H3,(H,18,19)(H,20,21)/t13-,14-/m1/s1. The Labute approximate surface area is 147 Å². The molecule has 1 amide bonds. The zero-order valence-electron chi connectivity index (χ0n) is 13.8. The summed E-state index contributed by atoms with van der Waals surface area (Å²) in [6.45, 7) is 6.05. The SMILES string of the molecule is CC(C)(C)SC[C@@H](NC(=O)[C@@H](CS)Cc1ccccc1)C(=O)O. The number of nitrogens with one attached hydrogen (secondary N) is 1. The number of rotatable bonds is 8. The van der Waals surface area contributed by atoms with Crippen molar-refractivity contribution in [2.24, 2.45) is 5.92 Å². The minimum atomic E-state index is -1.01. The van der Waals surface area contributed by atoms with Crippen LogP contribution in [0.15, 0.2) is 30.3 Å². The first-order chi connectivity index (χ1) is 10.7. The molecule has 0 saturated heterocycles. The fourth-order valence-electron chi connectivity index (χ4n) is 1.94. The van der Waals surface area contributed by atoms with E-state index in [2.05, 4.69) is 17.9 Å². The van der Waals surface area contributed by atoms with Crippen LogP contribution in [0.5, 0.6) is 0 Å². The fourth-order valence-corrected chi connectivity index (χ4v) is 3.12. The molecule has 1 aromatic carbocycles. The summed E-state index contributed by atoms with van der Waals surface area (Å²) in [4.78, 5) is 23.8. The molecule has 0 spiro atoms. The lowest BCUT2D eigenvalue weighted by Gasteiger charge is -2.23. The van der Waals surface area contributed by atoms with Crippen molar-refractivity contribution in [3.05, 3.63) is 35.9 Å². The average molecular weight is 356 g/mol. The summed E-state index contributed by atoms with van der Waals surface area (Å²) < 4.78 is -0.0502. The lowest BCUT2D eigenvalue weighted by atomic mass is 10.00. The normalized spacial score (nSPS) is 14.1. The van der Waals surface area contributed by atoms with Gasteiger partial charge in [-0.05, 0) is 12.0 Å². The number of carbonyl (C=O) groups is 2. The Kier molecular flexibility index (Phi) is 7.99. The van der Waals surface area contributed by atoms with E-state index in [1.165, 1.54) is 11.8 Å². The smallest absolute Gasteiger partial charge is 0.327 e. The van der Waals surface area contributed by atoms with Gasteiger partial charge in [0.15, 0.2) is 0 Å². The van der Waals surface area contributed by atoms with E-state index in [1.54, 1.807) is 0 Å². The first kappa shape index (κ1) is 19.9. The summed E-state index contributed by atoms with van der Waals surface area (Å²) in [5.74, 6) is -0.894. The van der Waals surface area contributed by atoms with Crippen molar-refractivity contribution in [2.75, 3.05) is 11.5 Å². The average Bonchev–Trinajstić information content (AvgIpc) is 2.48. The fraction of sp³-hybridized carbons (Fsp3) is 0.529. The molecule has 6 heteroatoms. The van der Waals surface area contributed by atoms with Gasteiger partial charge in [-0.2, -0.15) is 24.4 Å². The van der Waals surface area contributed by atoms with Crippen LogP contribution in [-0.2, 0) is 16.0 Å². The zero-order chi connectivity index (χ0) is 17.5. The maximum atomic E-state index is 12.4. The van der Waals surface area contributed by atoms with E-state index in [4.69, 9.17) is 0 Å². The maximum Gasteiger partial charge on any atom is 0.327 e. The van der Waals surface area contributed by atoms with Gasteiger partial charge in [0.1, 0.15) is 6.04 Å². The van der Waals surface area contributed by atoms with Crippen molar-refractivity contribution in [1.29, 1.82) is 0 Å². The number of thiol groups is 1. The van der Waals surface area contributed by atoms with E-state index in [9.17, 15) is 14.7 Å². The molecule has 0 saturated carbocycles. The van der Waals surface area contributed by atoms with Gasteiger partial charge in [-0.25, -0.2) is 4.79 Å². The number of hydrogen-bond donors (Lipinski definition) is 3. The molecule has 0 bridgehead atoms. The molecule has 0 aliphatic carbocycles. The summed E-state index contributed by atoms with van der Waals surface area (Å²) in [5.41, 5.74) is 1.04. The predicted molar refractivity (Wildman–Crippen MR) is 99.3 cm³/mol. The molecule has 2 N–H and O–H groups in total. The Morgan fingerprint density at radius 3 is 2.35 bits per heavy atom. The number of benzene rings is 1. The predicted octanol–water partition coefficient (Wildman–Crippen LogP) is 2.88. The van der Waals surface area contributed by atoms with Crippen LogP contribution in [0.25, 0.3) is 0 Å². The molecule has 0 aromatic heterocycles. The largest absolute Gasteiger partial charge is 0.480 e. The molecule has 1 rings (SSSR count). The second kappa shape index (κ2) is 9.23. The van der Waals surface area contributed by atoms with Crippen molar-refractivity contribution in [1.82, 2.24) is 5.32 Å². The number of carboxylic acids is 1. The highest BCUT2D eigenvalue weighted by molar-refractivity contribution is 8.00. The number of aliphatic carboxylic acids is 1. The Bertz CT molecular complexity index is 514. The molecule has 0 unspecified atom stereocenters. The van der Waals surface area contributed by atoms with Crippen LogP contribution in [0.4, 0.5) is 0 Å². The quantitative estimate of drug-likeness (QED) is 0.627. The van der Waals surface area contributed by atoms with Crippen LogP contribution in [-0.4, -0.2) is 39.3 Å². The highest BCUT2D eigenvalue weighted by Gasteiger charge is 2.26. The molecule has 0 radical (unpaired) electrons. The second-order valence-corrected chi connectivity index (χ2v) is 8.60. The van der Waals surface area contributed by atoms with Gasteiger partial charge in [0.2, 0.25) is 5.91 Å². The van der Waals surface area contributed by atoms with E-state index < -0.39 is 12.0 Å². The van der Waals surface area contributed by atoms with Crippen LogP contribution in [0, 0.1) is 5.92 Å². The van der Waals surface area contributed by atoms with Crippen molar-refractivity contribution in [3.63, 3.8) is 0 Å². The molecule has 0 heterocycles. The van der Waals surface area contributed by atoms with Crippen LogP contribution >= 0.6 is 24.4 Å². The van der Waals surface area contributed by atoms with E-state index in [1.807, 2.05) is 51.1 Å². The van der Waals surface area contributed by atoms with Gasteiger partial charge in [-0.3, -0.25) is 4.79 Å². The van der Waals surface area contributed by atoms with Gasteiger partial charge in [0.25, 0.3) is 0 Å². The van der Waals surface area contributed by atoms with Crippen LogP contribution in [0.1, 0.15) is 26.3 Å². The Hall–Kier alpha value is -1.14. The van der Waals surface area contributed by atoms with E-state index in [0.29, 0.717) is 17.9 Å². The van der Waals surface area contributed by atoms with Crippen LogP contribution in [0.3, 0.4) is 0 Å². The number of carboxylic acid groups (broad SMARTS) is 1. The van der Waals surface area contributed by atoms with Crippen molar-refractivity contribution < 1.29 is 14.7 Å². The van der Waals surface area contributed by atoms with Gasteiger partial charge >= 0.3 is 5.97 Å². The zero-order valence-corrected chi connectivity index (χ0v) is 15.5. The second-order valence-electron chi connectivity index (χ2n) is 6.39. The van der Waals surface area contributed by atoms with Crippen LogP contribution in [0.2, 0.25) is 0 Å². The maximum absolute atomic E-state index is 12.4. The Morgan fingerprint density at radius 1 is 1.26 bits per heavy atom. The minimum absolute atomic E-state index is 0.0502. The van der Waals surface area contributed by atoms with Crippen molar-refractivity contribution >= 4 is 36.3 Å². The summed E-state index contributed by atoms with van der Waals surface area (Å²) in [5, 5.41) is 12.0. The minimum Gasteiger partial charge on any atom is -0.480 e. The molecule has 23 heavy (non-hydrogen) atoms. The van der Waals surface area contributed by atoms with Gasteiger partial charge < -0.3 is 10.4 Å². The molecule has 128 valence electrons. The molecule has 0 fully saturated rings. The summed E-state index contributed by atoms with van der Waals surface area (Å²) in [6.07, 6.45) is 0.551. The first-order valence-electron chi connectivity index (χ1n) is 7.55. The molecular weight excluding hydrogens is 330 g/mol. The third kappa shape index (κ3) is 7.79. The third-order valence-corrected chi connectivity index (χ3v) is 5.02. The van der Waals surface area contributed by atoms with Gasteiger partial charge in [-0.15, -0.1) is 0 Å². The van der Waals surface area contributed by atoms with E-state index in [0.717, 1.165) is 5.56 Å². The Morgan fingerprint density at radius 2 is 1.87 bits per heavy atom. The number of amides is 1. The topological polar surface area (TPSA) is 66.4 Å². The number of thioether (sulfide) groups is 1. The highest BCUT2D eigenvalue weighted by atomic mass is 32.2. The van der Waals surface area contributed by atoms with E-state index in [-0.39, 0.29) is 16.6 Å². The van der Waals surface area contributed by atoms with E-state index >= 15 is 0 Å². The molecular formula is C17H25NO3S2. The summed E-state index contributed by atoms with van der Waals surface area (Å²) in [6, 6.07) is 8.78. The highest BCUT2D eigenvalue weighted by Crippen LogP contribution is 2.24. The lowest BCUT2D eigenvalue weighted by Crippen LogP contribution is -2.46. The van der Waals surface area contributed by atoms with Crippen molar-refractivity contribution in [3.8, 4) is 0 Å².